The zero-order chi connectivity index (χ0) is 10.6. The van der Waals surface area contributed by atoms with Crippen LogP contribution in [-0.2, 0) is 4.79 Å². The van der Waals surface area contributed by atoms with Gasteiger partial charge in [0.15, 0.2) is 0 Å². The molecule has 0 aliphatic carbocycles. The second-order valence-electron chi connectivity index (χ2n) is 3.92. The summed E-state index contributed by atoms with van der Waals surface area (Å²) in [4.78, 5) is 21.9. The molecule has 5 heteroatoms. The number of rotatable bonds is 2. The van der Waals surface area contributed by atoms with Crippen molar-refractivity contribution < 1.29 is 9.59 Å². The molecular weight excluding hydrogens is 170 g/mol. The summed E-state index contributed by atoms with van der Waals surface area (Å²) in [6.45, 7) is 5.55. The number of hydrogen-bond acceptors (Lipinski definition) is 2. The summed E-state index contributed by atoms with van der Waals surface area (Å²) in [7, 11) is 1.52. The largest absolute Gasteiger partial charge is 0.357 e. The molecule has 0 saturated carbocycles. The van der Waals surface area contributed by atoms with E-state index in [2.05, 4.69) is 10.6 Å². The van der Waals surface area contributed by atoms with Gasteiger partial charge in [-0.3, -0.25) is 4.79 Å². The molecule has 0 aromatic heterocycles. The molecule has 0 rings (SSSR count). The Morgan fingerprint density at radius 2 is 1.77 bits per heavy atom. The number of amides is 3. The van der Waals surface area contributed by atoms with Crippen molar-refractivity contribution in [1.82, 2.24) is 10.6 Å². The van der Waals surface area contributed by atoms with Crippen LogP contribution in [0.1, 0.15) is 20.8 Å². The van der Waals surface area contributed by atoms with E-state index >= 15 is 0 Å². The molecule has 0 aliphatic heterocycles. The van der Waals surface area contributed by atoms with E-state index in [1.807, 2.05) is 20.8 Å². The van der Waals surface area contributed by atoms with E-state index in [0.29, 0.717) is 0 Å². The molecule has 5 nitrogen and oxygen atoms in total. The minimum absolute atomic E-state index is 0.244. The summed E-state index contributed by atoms with van der Waals surface area (Å²) in [5.74, 6) is -0.244. The molecule has 0 fully saturated rings. The summed E-state index contributed by atoms with van der Waals surface area (Å²) in [6, 6.07) is -1.29. The van der Waals surface area contributed by atoms with Gasteiger partial charge in [0.2, 0.25) is 5.91 Å². The Kier molecular flexibility index (Phi) is 3.71. The zero-order valence-electron chi connectivity index (χ0n) is 8.47. The monoisotopic (exact) mass is 187 g/mol. The van der Waals surface area contributed by atoms with E-state index in [0.717, 1.165) is 0 Å². The van der Waals surface area contributed by atoms with Crippen molar-refractivity contribution in [3.63, 3.8) is 0 Å². The van der Waals surface area contributed by atoms with Gasteiger partial charge in [0, 0.05) is 7.05 Å². The Balaban J connectivity index is 4.56. The number of hydrogen-bond donors (Lipinski definition) is 3. The van der Waals surface area contributed by atoms with Gasteiger partial charge in [0.05, 0.1) is 0 Å². The van der Waals surface area contributed by atoms with Crippen LogP contribution in [0.5, 0.6) is 0 Å². The fourth-order valence-electron chi connectivity index (χ4n) is 0.962. The van der Waals surface area contributed by atoms with Crippen molar-refractivity contribution in [2.75, 3.05) is 7.05 Å². The smallest absolute Gasteiger partial charge is 0.312 e. The molecule has 3 amide bonds. The molecule has 13 heavy (non-hydrogen) atoms. The van der Waals surface area contributed by atoms with Crippen LogP contribution in [0, 0.1) is 5.41 Å². The lowest BCUT2D eigenvalue weighted by molar-refractivity contribution is -0.124. The van der Waals surface area contributed by atoms with Gasteiger partial charge >= 0.3 is 6.03 Å². The average Bonchev–Trinajstić information content (AvgIpc) is 1.96. The molecule has 0 bridgehead atoms. The standard InChI is InChI=1S/C8H17N3O2/c1-8(2,3)5(6(12)10-4)11-7(9)13/h5H,1-4H3,(H,10,12)(H3,9,11,13). The molecule has 0 aliphatic rings. The highest BCUT2D eigenvalue weighted by Gasteiger charge is 2.31. The van der Waals surface area contributed by atoms with Crippen molar-refractivity contribution in [3.05, 3.63) is 0 Å². The molecular formula is C8H17N3O2. The fourth-order valence-corrected chi connectivity index (χ4v) is 0.962. The van der Waals surface area contributed by atoms with Gasteiger partial charge in [-0.25, -0.2) is 4.79 Å². The highest BCUT2D eigenvalue weighted by molar-refractivity contribution is 5.86. The van der Waals surface area contributed by atoms with Crippen molar-refractivity contribution in [3.8, 4) is 0 Å². The van der Waals surface area contributed by atoms with Crippen LogP contribution < -0.4 is 16.4 Å². The Morgan fingerprint density at radius 3 is 2.00 bits per heavy atom. The molecule has 0 aromatic carbocycles. The number of nitrogens with two attached hydrogens (primary N) is 1. The highest BCUT2D eigenvalue weighted by atomic mass is 16.2. The number of carbonyl (C=O) groups excluding carboxylic acids is 2. The quantitative estimate of drug-likeness (QED) is 0.560. The minimum atomic E-state index is -0.691. The summed E-state index contributed by atoms with van der Waals surface area (Å²) in [5.41, 5.74) is 4.60. The van der Waals surface area contributed by atoms with Gasteiger partial charge < -0.3 is 16.4 Å². The van der Waals surface area contributed by atoms with Crippen LogP contribution >= 0.6 is 0 Å². The second-order valence-corrected chi connectivity index (χ2v) is 3.92. The number of carbonyl (C=O) groups is 2. The molecule has 0 spiro atoms. The molecule has 1 unspecified atom stereocenters. The molecule has 76 valence electrons. The van der Waals surface area contributed by atoms with Gasteiger partial charge in [-0.1, -0.05) is 20.8 Å². The fraction of sp³-hybridized carbons (Fsp3) is 0.750. The lowest BCUT2D eigenvalue weighted by Gasteiger charge is -2.29. The summed E-state index contributed by atoms with van der Waals surface area (Å²) < 4.78 is 0. The molecule has 0 saturated heterocycles. The Morgan fingerprint density at radius 1 is 1.31 bits per heavy atom. The maximum atomic E-state index is 11.3. The first kappa shape index (κ1) is 11.7. The topological polar surface area (TPSA) is 84.2 Å². The third-order valence-electron chi connectivity index (χ3n) is 1.66. The zero-order valence-corrected chi connectivity index (χ0v) is 8.47. The summed E-state index contributed by atoms with van der Waals surface area (Å²) in [6.07, 6.45) is 0. The van der Waals surface area contributed by atoms with E-state index in [1.165, 1.54) is 7.05 Å². The third kappa shape index (κ3) is 3.78. The van der Waals surface area contributed by atoms with Gasteiger partial charge in [-0.05, 0) is 5.41 Å². The van der Waals surface area contributed by atoms with Gasteiger partial charge in [-0.2, -0.15) is 0 Å². The SMILES string of the molecule is CNC(=O)C(NC(N)=O)C(C)(C)C. The summed E-state index contributed by atoms with van der Waals surface area (Å²) in [5, 5.41) is 4.87. The number of likely N-dealkylation sites (N-methyl/N-ethyl adjacent to an activating group) is 1. The molecule has 4 N–H and O–H groups in total. The molecule has 0 radical (unpaired) electrons. The Labute approximate surface area is 78.1 Å². The number of primary amides is 1. The van der Waals surface area contributed by atoms with E-state index in [1.54, 1.807) is 0 Å². The normalized spacial score (nSPS) is 13.2. The molecule has 0 aromatic rings. The van der Waals surface area contributed by atoms with Crippen LogP contribution in [0.15, 0.2) is 0 Å². The first-order valence-corrected chi connectivity index (χ1v) is 4.06. The summed E-state index contributed by atoms with van der Waals surface area (Å²) >= 11 is 0. The van der Waals surface area contributed by atoms with Crippen LogP contribution in [-0.4, -0.2) is 25.0 Å². The van der Waals surface area contributed by atoms with Crippen molar-refractivity contribution in [1.29, 1.82) is 0 Å². The minimum Gasteiger partial charge on any atom is -0.357 e. The lowest BCUT2D eigenvalue weighted by atomic mass is 9.86. The van der Waals surface area contributed by atoms with E-state index < -0.39 is 12.1 Å². The predicted molar refractivity (Wildman–Crippen MR) is 50.0 cm³/mol. The van der Waals surface area contributed by atoms with Crippen LogP contribution in [0.4, 0.5) is 4.79 Å². The van der Waals surface area contributed by atoms with Crippen LogP contribution in [0.25, 0.3) is 0 Å². The predicted octanol–water partition coefficient (Wildman–Crippen LogP) is -0.185. The molecule has 0 heterocycles. The van der Waals surface area contributed by atoms with Gasteiger partial charge in [0.25, 0.3) is 0 Å². The first-order valence-electron chi connectivity index (χ1n) is 4.06. The third-order valence-corrected chi connectivity index (χ3v) is 1.66. The van der Waals surface area contributed by atoms with Crippen LogP contribution in [0.2, 0.25) is 0 Å². The average molecular weight is 187 g/mol. The maximum absolute atomic E-state index is 11.3. The van der Waals surface area contributed by atoms with Gasteiger partial charge in [0.1, 0.15) is 6.04 Å². The van der Waals surface area contributed by atoms with Crippen LogP contribution in [0.3, 0.4) is 0 Å². The maximum Gasteiger partial charge on any atom is 0.312 e. The molecule has 1 atom stereocenters. The Bertz CT molecular complexity index is 208. The van der Waals surface area contributed by atoms with Crippen molar-refractivity contribution >= 4 is 11.9 Å². The van der Waals surface area contributed by atoms with Crippen molar-refractivity contribution in [2.45, 2.75) is 26.8 Å². The number of nitrogens with one attached hydrogen (secondary N) is 2. The lowest BCUT2D eigenvalue weighted by Crippen LogP contribution is -2.54. The second kappa shape index (κ2) is 4.11. The van der Waals surface area contributed by atoms with Crippen molar-refractivity contribution in [2.24, 2.45) is 11.1 Å². The van der Waals surface area contributed by atoms with E-state index in [9.17, 15) is 9.59 Å². The highest BCUT2D eigenvalue weighted by Crippen LogP contribution is 2.18. The van der Waals surface area contributed by atoms with E-state index in [4.69, 9.17) is 5.73 Å². The van der Waals surface area contributed by atoms with E-state index in [-0.39, 0.29) is 11.3 Å². The number of urea groups is 1. The van der Waals surface area contributed by atoms with Gasteiger partial charge in [-0.15, -0.1) is 0 Å². The first-order chi connectivity index (χ1) is 5.79. The Hall–Kier alpha value is -1.26.